The molecule has 2 heterocycles. The van der Waals surface area contributed by atoms with Crippen LogP contribution >= 0.6 is 0 Å². The number of hydrogen-bond donors (Lipinski definition) is 0. The van der Waals surface area contributed by atoms with Crippen LogP contribution in [0.5, 0.6) is 0 Å². The van der Waals surface area contributed by atoms with Gasteiger partial charge in [0.25, 0.3) is 0 Å². The van der Waals surface area contributed by atoms with E-state index in [2.05, 4.69) is 10.1 Å². The largest absolute Gasteiger partial charge is 0.378 e. The molecule has 1 fully saturated rings. The van der Waals surface area contributed by atoms with Gasteiger partial charge in [0, 0.05) is 7.11 Å². The molecule has 5 heteroatoms. The Morgan fingerprint density at radius 2 is 2.33 bits per heavy atom. The summed E-state index contributed by atoms with van der Waals surface area (Å²) in [5.74, 6) is 0.672. The quantitative estimate of drug-likeness (QED) is 0.633. The topological polar surface area (TPSA) is 51.4 Å². The zero-order chi connectivity index (χ0) is 8.55. The van der Waals surface area contributed by atoms with Gasteiger partial charge in [-0.15, -0.1) is 0 Å². The highest BCUT2D eigenvalue weighted by Crippen LogP contribution is 2.19. The molecule has 0 aromatic carbocycles. The molecule has 0 bridgehead atoms. The highest BCUT2D eigenvalue weighted by Gasteiger charge is 2.29. The maximum Gasteiger partial charge on any atom is 0.324 e. The normalized spacial score (nSPS) is 18.0. The second kappa shape index (κ2) is 2.75. The van der Waals surface area contributed by atoms with E-state index < -0.39 is 0 Å². The smallest absolute Gasteiger partial charge is 0.324 e. The standard InChI is InChI=1S/C7H11N3O2/c1-5-8-7(12-9-5)10-3-6(4-10)11-2/h6H,3-4H2,1-2H3. The Bertz CT molecular complexity index is 267. The molecule has 0 saturated carbocycles. The first-order valence-electron chi connectivity index (χ1n) is 3.87. The Kier molecular flexibility index (Phi) is 1.73. The second-order valence-electron chi connectivity index (χ2n) is 2.89. The van der Waals surface area contributed by atoms with Crippen molar-refractivity contribution < 1.29 is 9.26 Å². The van der Waals surface area contributed by atoms with E-state index in [1.807, 2.05) is 4.90 Å². The summed E-state index contributed by atoms with van der Waals surface area (Å²) in [7, 11) is 1.71. The van der Waals surface area contributed by atoms with Crippen LogP contribution in [0.3, 0.4) is 0 Å². The summed E-state index contributed by atoms with van der Waals surface area (Å²) in [5, 5.41) is 3.70. The minimum atomic E-state index is 0.317. The van der Waals surface area contributed by atoms with Crippen LogP contribution < -0.4 is 4.90 Å². The molecule has 1 saturated heterocycles. The highest BCUT2D eigenvalue weighted by molar-refractivity contribution is 5.30. The van der Waals surface area contributed by atoms with Crippen LogP contribution in [0.25, 0.3) is 0 Å². The lowest BCUT2D eigenvalue weighted by Crippen LogP contribution is -2.52. The van der Waals surface area contributed by atoms with Gasteiger partial charge in [-0.25, -0.2) is 0 Å². The van der Waals surface area contributed by atoms with Gasteiger partial charge in [0.05, 0.1) is 19.2 Å². The van der Waals surface area contributed by atoms with Gasteiger partial charge in [-0.1, -0.05) is 5.16 Å². The van der Waals surface area contributed by atoms with Gasteiger partial charge in [0.1, 0.15) is 0 Å². The van der Waals surface area contributed by atoms with Gasteiger partial charge in [0.2, 0.25) is 0 Å². The number of hydrogen-bond acceptors (Lipinski definition) is 5. The lowest BCUT2D eigenvalue weighted by molar-refractivity contribution is 0.0750. The van der Waals surface area contributed by atoms with Crippen LogP contribution in [0.15, 0.2) is 4.52 Å². The van der Waals surface area contributed by atoms with Crippen LogP contribution in [0.4, 0.5) is 6.01 Å². The molecule has 1 aliphatic rings. The number of rotatable bonds is 2. The molecular formula is C7H11N3O2. The first kappa shape index (κ1) is 7.54. The summed E-state index contributed by atoms with van der Waals surface area (Å²) in [5.41, 5.74) is 0. The third-order valence-corrected chi connectivity index (χ3v) is 1.97. The number of anilines is 1. The molecule has 0 N–H and O–H groups in total. The number of nitrogens with zero attached hydrogens (tertiary/aromatic N) is 3. The van der Waals surface area contributed by atoms with E-state index in [-0.39, 0.29) is 0 Å². The lowest BCUT2D eigenvalue weighted by atomic mass is 10.2. The van der Waals surface area contributed by atoms with Gasteiger partial charge in [-0.3, -0.25) is 0 Å². The number of aromatic nitrogens is 2. The van der Waals surface area contributed by atoms with Gasteiger partial charge in [-0.05, 0) is 6.92 Å². The lowest BCUT2D eigenvalue weighted by Gasteiger charge is -2.36. The fraction of sp³-hybridized carbons (Fsp3) is 0.714. The van der Waals surface area contributed by atoms with Gasteiger partial charge >= 0.3 is 6.01 Å². The van der Waals surface area contributed by atoms with E-state index in [1.165, 1.54) is 0 Å². The van der Waals surface area contributed by atoms with Crippen molar-refractivity contribution in [2.75, 3.05) is 25.1 Å². The van der Waals surface area contributed by atoms with Crippen molar-refractivity contribution in [3.05, 3.63) is 5.82 Å². The van der Waals surface area contributed by atoms with E-state index >= 15 is 0 Å². The molecule has 0 aliphatic carbocycles. The van der Waals surface area contributed by atoms with Crippen molar-refractivity contribution in [2.45, 2.75) is 13.0 Å². The maximum atomic E-state index is 5.11. The fourth-order valence-corrected chi connectivity index (χ4v) is 1.16. The minimum absolute atomic E-state index is 0.317. The Morgan fingerprint density at radius 1 is 1.58 bits per heavy atom. The zero-order valence-corrected chi connectivity index (χ0v) is 7.15. The molecule has 0 atom stereocenters. The molecule has 0 unspecified atom stereocenters. The Balaban J connectivity index is 1.96. The van der Waals surface area contributed by atoms with Crippen molar-refractivity contribution in [1.82, 2.24) is 10.1 Å². The Labute approximate surface area is 70.3 Å². The maximum absolute atomic E-state index is 5.11. The molecule has 0 radical (unpaired) electrons. The van der Waals surface area contributed by atoms with Crippen molar-refractivity contribution in [3.63, 3.8) is 0 Å². The average molecular weight is 169 g/mol. The molecule has 0 amide bonds. The summed E-state index contributed by atoms with van der Waals surface area (Å²) >= 11 is 0. The van der Waals surface area contributed by atoms with Crippen LogP contribution in [0.1, 0.15) is 5.82 Å². The predicted molar refractivity (Wildman–Crippen MR) is 42.0 cm³/mol. The molecule has 5 nitrogen and oxygen atoms in total. The third kappa shape index (κ3) is 1.16. The highest BCUT2D eigenvalue weighted by atomic mass is 16.5. The summed E-state index contributed by atoms with van der Waals surface area (Å²) in [6.07, 6.45) is 0.317. The monoisotopic (exact) mass is 169 g/mol. The van der Waals surface area contributed by atoms with Crippen molar-refractivity contribution in [1.29, 1.82) is 0 Å². The van der Waals surface area contributed by atoms with Gasteiger partial charge in [-0.2, -0.15) is 4.98 Å². The third-order valence-electron chi connectivity index (χ3n) is 1.97. The van der Waals surface area contributed by atoms with Crippen molar-refractivity contribution in [2.24, 2.45) is 0 Å². The number of ether oxygens (including phenoxy) is 1. The van der Waals surface area contributed by atoms with Crippen molar-refractivity contribution >= 4 is 6.01 Å². The SMILES string of the molecule is COC1CN(c2nc(C)no2)C1. The first-order valence-corrected chi connectivity index (χ1v) is 3.87. The fourth-order valence-electron chi connectivity index (χ4n) is 1.16. The summed E-state index contributed by atoms with van der Waals surface area (Å²) in [4.78, 5) is 6.09. The Hall–Kier alpha value is -1.10. The zero-order valence-electron chi connectivity index (χ0n) is 7.15. The second-order valence-corrected chi connectivity index (χ2v) is 2.89. The molecule has 1 aromatic rings. The predicted octanol–water partition coefficient (Wildman–Crippen LogP) is 0.213. The van der Waals surface area contributed by atoms with E-state index in [1.54, 1.807) is 14.0 Å². The van der Waals surface area contributed by atoms with Crippen molar-refractivity contribution in [3.8, 4) is 0 Å². The van der Waals surface area contributed by atoms with E-state index in [4.69, 9.17) is 9.26 Å². The molecule has 2 rings (SSSR count). The van der Waals surface area contributed by atoms with Crippen LogP contribution in [-0.2, 0) is 4.74 Å². The van der Waals surface area contributed by atoms with Crippen LogP contribution in [0, 0.1) is 6.92 Å². The van der Waals surface area contributed by atoms with E-state index in [0.717, 1.165) is 13.1 Å². The van der Waals surface area contributed by atoms with E-state index in [0.29, 0.717) is 17.9 Å². The molecule has 1 aliphatic heterocycles. The van der Waals surface area contributed by atoms with Crippen LogP contribution in [0.2, 0.25) is 0 Å². The molecule has 0 spiro atoms. The van der Waals surface area contributed by atoms with Crippen LogP contribution in [-0.4, -0.2) is 36.4 Å². The summed E-state index contributed by atoms with van der Waals surface area (Å²) in [6, 6.07) is 0.598. The minimum Gasteiger partial charge on any atom is -0.378 e. The summed E-state index contributed by atoms with van der Waals surface area (Å²) in [6.45, 7) is 3.50. The number of methoxy groups -OCH3 is 1. The average Bonchev–Trinajstić information content (AvgIpc) is 2.34. The molecule has 1 aromatic heterocycles. The van der Waals surface area contributed by atoms with Gasteiger partial charge in [0.15, 0.2) is 5.82 Å². The molecular weight excluding hydrogens is 158 g/mol. The molecule has 12 heavy (non-hydrogen) atoms. The Morgan fingerprint density at radius 3 is 2.83 bits per heavy atom. The number of aryl methyl sites for hydroxylation is 1. The molecule has 66 valence electrons. The summed E-state index contributed by atoms with van der Waals surface area (Å²) < 4.78 is 10.1. The first-order chi connectivity index (χ1) is 5.79. The van der Waals surface area contributed by atoms with E-state index in [9.17, 15) is 0 Å². The van der Waals surface area contributed by atoms with Gasteiger partial charge < -0.3 is 14.2 Å².